The molecule has 0 saturated heterocycles. The Balaban J connectivity index is 1.76. The highest BCUT2D eigenvalue weighted by Crippen LogP contribution is 2.19. The van der Waals surface area contributed by atoms with Crippen molar-refractivity contribution in [2.75, 3.05) is 5.75 Å². The summed E-state index contributed by atoms with van der Waals surface area (Å²) in [5.41, 5.74) is 1.68. The minimum Gasteiger partial charge on any atom is -0.349 e. The van der Waals surface area contributed by atoms with Crippen LogP contribution in [0.1, 0.15) is 38.8 Å². The Morgan fingerprint density at radius 3 is 2.48 bits per heavy atom. The molecule has 6 heteroatoms. The van der Waals surface area contributed by atoms with Crippen LogP contribution in [0.15, 0.2) is 64.5 Å². The molecule has 2 aromatic carbocycles. The smallest absolute Gasteiger partial charge is 0.262 e. The van der Waals surface area contributed by atoms with Crippen molar-refractivity contribution in [2.45, 2.75) is 44.9 Å². The summed E-state index contributed by atoms with van der Waals surface area (Å²) in [6, 6.07) is 17.1. The van der Waals surface area contributed by atoms with Crippen molar-refractivity contribution < 1.29 is 4.79 Å². The second kappa shape index (κ2) is 9.74. The van der Waals surface area contributed by atoms with Crippen molar-refractivity contribution in [3.05, 3.63) is 70.5 Å². The molecule has 29 heavy (non-hydrogen) atoms. The molecule has 3 rings (SSSR count). The maximum Gasteiger partial charge on any atom is 0.262 e. The van der Waals surface area contributed by atoms with Crippen LogP contribution in [0.3, 0.4) is 0 Å². The minimum atomic E-state index is -0.0795. The molecule has 1 atom stereocenters. The highest BCUT2D eigenvalue weighted by atomic mass is 32.2. The van der Waals surface area contributed by atoms with E-state index in [1.807, 2.05) is 55.5 Å². The van der Waals surface area contributed by atoms with Crippen LogP contribution in [-0.2, 0) is 11.3 Å². The molecule has 152 valence electrons. The van der Waals surface area contributed by atoms with Gasteiger partial charge in [-0.25, -0.2) is 4.98 Å². The first-order chi connectivity index (χ1) is 14.0. The standard InChI is InChI=1S/C23H27N3O2S/c1-16(2)13-14-26-22(28)19-11-7-8-12-20(19)25-23(26)29-15-21(27)24-17(3)18-9-5-4-6-10-18/h4-12,16-17H,13-15H2,1-3H3,(H,24,27)/t17-/m0/s1. The van der Waals surface area contributed by atoms with Crippen molar-refractivity contribution >= 4 is 28.6 Å². The Labute approximate surface area is 175 Å². The highest BCUT2D eigenvalue weighted by molar-refractivity contribution is 7.99. The van der Waals surface area contributed by atoms with E-state index in [4.69, 9.17) is 0 Å². The highest BCUT2D eigenvalue weighted by Gasteiger charge is 2.15. The molecule has 0 aliphatic rings. The molecule has 0 fully saturated rings. The zero-order chi connectivity index (χ0) is 20.8. The largest absolute Gasteiger partial charge is 0.349 e. The first-order valence-corrected chi connectivity index (χ1v) is 10.9. The van der Waals surface area contributed by atoms with Crippen LogP contribution in [0.5, 0.6) is 0 Å². The summed E-state index contributed by atoms with van der Waals surface area (Å²) in [5, 5.41) is 4.22. The van der Waals surface area contributed by atoms with E-state index in [1.165, 1.54) is 11.8 Å². The van der Waals surface area contributed by atoms with Crippen LogP contribution in [0.4, 0.5) is 0 Å². The third kappa shape index (κ3) is 5.48. The maximum absolute atomic E-state index is 13.0. The summed E-state index contributed by atoms with van der Waals surface area (Å²) < 4.78 is 1.71. The van der Waals surface area contributed by atoms with Crippen LogP contribution in [0.2, 0.25) is 0 Å². The SMILES string of the molecule is CC(C)CCn1c(SCC(=O)N[C@@H](C)c2ccccc2)nc2ccccc2c1=O. The number of carbonyl (C=O) groups is 1. The van der Waals surface area contributed by atoms with Gasteiger partial charge in [0, 0.05) is 6.54 Å². The topological polar surface area (TPSA) is 64.0 Å². The van der Waals surface area contributed by atoms with Gasteiger partial charge in [0.05, 0.1) is 22.7 Å². The van der Waals surface area contributed by atoms with Gasteiger partial charge in [0.15, 0.2) is 5.16 Å². The van der Waals surface area contributed by atoms with Crippen molar-refractivity contribution in [3.8, 4) is 0 Å². The Bertz CT molecular complexity index is 1030. The average molecular weight is 410 g/mol. The van der Waals surface area contributed by atoms with E-state index in [-0.39, 0.29) is 23.3 Å². The third-order valence-electron chi connectivity index (χ3n) is 4.77. The molecule has 0 spiro atoms. The molecule has 0 aliphatic heterocycles. The van der Waals surface area contributed by atoms with Crippen LogP contribution in [0.25, 0.3) is 10.9 Å². The number of carbonyl (C=O) groups excluding carboxylic acids is 1. The molecule has 0 saturated carbocycles. The summed E-state index contributed by atoms with van der Waals surface area (Å²) in [7, 11) is 0. The van der Waals surface area contributed by atoms with Crippen molar-refractivity contribution in [1.82, 2.24) is 14.9 Å². The van der Waals surface area contributed by atoms with Gasteiger partial charge in [-0.2, -0.15) is 0 Å². The first kappa shape index (κ1) is 21.1. The fraction of sp³-hybridized carbons (Fsp3) is 0.348. The zero-order valence-corrected chi connectivity index (χ0v) is 17.9. The van der Waals surface area contributed by atoms with Crippen LogP contribution in [0, 0.1) is 5.92 Å². The molecule has 0 radical (unpaired) electrons. The van der Waals surface area contributed by atoms with E-state index in [2.05, 4.69) is 24.1 Å². The molecule has 0 unspecified atom stereocenters. The number of nitrogens with one attached hydrogen (secondary N) is 1. The molecular formula is C23H27N3O2S. The minimum absolute atomic E-state index is 0.0446. The van der Waals surface area contributed by atoms with E-state index in [0.717, 1.165) is 12.0 Å². The van der Waals surface area contributed by atoms with E-state index < -0.39 is 0 Å². The van der Waals surface area contributed by atoms with E-state index >= 15 is 0 Å². The Hall–Kier alpha value is -2.60. The molecule has 5 nitrogen and oxygen atoms in total. The number of benzene rings is 2. The average Bonchev–Trinajstić information content (AvgIpc) is 2.72. The maximum atomic E-state index is 13.0. The monoisotopic (exact) mass is 409 g/mol. The van der Waals surface area contributed by atoms with E-state index in [1.54, 1.807) is 10.6 Å². The normalized spacial score (nSPS) is 12.3. The summed E-state index contributed by atoms with van der Waals surface area (Å²) >= 11 is 1.31. The number of hydrogen-bond donors (Lipinski definition) is 1. The Kier molecular flexibility index (Phi) is 7.09. The van der Waals surface area contributed by atoms with Crippen LogP contribution in [-0.4, -0.2) is 21.2 Å². The lowest BCUT2D eigenvalue weighted by molar-refractivity contribution is -0.119. The summed E-state index contributed by atoms with van der Waals surface area (Å²) in [5.74, 6) is 0.606. The van der Waals surface area contributed by atoms with Gasteiger partial charge in [-0.05, 0) is 37.0 Å². The summed E-state index contributed by atoms with van der Waals surface area (Å²) in [6.07, 6.45) is 0.880. The number of hydrogen-bond acceptors (Lipinski definition) is 4. The second-order valence-corrected chi connectivity index (χ2v) is 8.48. The van der Waals surface area contributed by atoms with Gasteiger partial charge in [-0.1, -0.05) is 68.1 Å². The number of nitrogens with zero attached hydrogens (tertiary/aromatic N) is 2. The van der Waals surface area contributed by atoms with Gasteiger partial charge in [0.1, 0.15) is 0 Å². The first-order valence-electron chi connectivity index (χ1n) is 9.92. The fourth-order valence-corrected chi connectivity index (χ4v) is 3.92. The lowest BCUT2D eigenvalue weighted by Crippen LogP contribution is -2.29. The number of rotatable bonds is 8. The molecule has 1 aromatic heterocycles. The van der Waals surface area contributed by atoms with E-state index in [0.29, 0.717) is 28.5 Å². The Morgan fingerprint density at radius 1 is 1.07 bits per heavy atom. The van der Waals surface area contributed by atoms with Gasteiger partial charge >= 0.3 is 0 Å². The molecule has 1 heterocycles. The summed E-state index contributed by atoms with van der Waals surface area (Å²) in [4.78, 5) is 30.1. The van der Waals surface area contributed by atoms with Crippen LogP contribution < -0.4 is 10.9 Å². The number of amides is 1. The second-order valence-electron chi connectivity index (χ2n) is 7.54. The Morgan fingerprint density at radius 2 is 1.76 bits per heavy atom. The van der Waals surface area contributed by atoms with Gasteiger partial charge in [-0.3, -0.25) is 14.2 Å². The van der Waals surface area contributed by atoms with Crippen molar-refractivity contribution in [2.24, 2.45) is 5.92 Å². The number of thioether (sulfide) groups is 1. The van der Waals surface area contributed by atoms with E-state index in [9.17, 15) is 9.59 Å². The van der Waals surface area contributed by atoms with Crippen molar-refractivity contribution in [3.63, 3.8) is 0 Å². The predicted octanol–water partition coefficient (Wildman–Crippen LogP) is 4.41. The third-order valence-corrected chi connectivity index (χ3v) is 5.74. The molecule has 3 aromatic rings. The van der Waals surface area contributed by atoms with Crippen LogP contribution >= 0.6 is 11.8 Å². The zero-order valence-electron chi connectivity index (χ0n) is 17.1. The predicted molar refractivity (Wildman–Crippen MR) is 119 cm³/mol. The number of aromatic nitrogens is 2. The van der Waals surface area contributed by atoms with Gasteiger partial charge in [0.25, 0.3) is 5.56 Å². The number of fused-ring (bicyclic) bond motifs is 1. The molecule has 0 aliphatic carbocycles. The molecule has 0 bridgehead atoms. The molecular weight excluding hydrogens is 382 g/mol. The van der Waals surface area contributed by atoms with Gasteiger partial charge < -0.3 is 5.32 Å². The van der Waals surface area contributed by atoms with Gasteiger partial charge in [0.2, 0.25) is 5.91 Å². The summed E-state index contributed by atoms with van der Waals surface area (Å²) in [6.45, 7) is 6.82. The molecule has 1 amide bonds. The van der Waals surface area contributed by atoms with Crippen molar-refractivity contribution in [1.29, 1.82) is 0 Å². The number of para-hydroxylation sites is 1. The lowest BCUT2D eigenvalue weighted by atomic mass is 10.1. The lowest BCUT2D eigenvalue weighted by Gasteiger charge is -2.16. The fourth-order valence-electron chi connectivity index (χ4n) is 3.08. The molecule has 1 N–H and O–H groups in total. The van der Waals surface area contributed by atoms with Gasteiger partial charge in [-0.15, -0.1) is 0 Å². The quantitative estimate of drug-likeness (QED) is 0.442.